The molecule has 0 fully saturated rings. The van der Waals surface area contributed by atoms with Crippen molar-refractivity contribution in [3.05, 3.63) is 60.2 Å². The molecule has 0 aliphatic heterocycles. The Bertz CT molecular complexity index is 702. The number of hydrogen-bond acceptors (Lipinski definition) is 3. The van der Waals surface area contributed by atoms with E-state index in [1.165, 1.54) is 5.56 Å². The van der Waals surface area contributed by atoms with Crippen LogP contribution < -0.4 is 5.73 Å². The fraction of sp³-hybridized carbons (Fsp3) is 0.0625. The van der Waals surface area contributed by atoms with Gasteiger partial charge in [0.1, 0.15) is 0 Å². The second kappa shape index (κ2) is 4.61. The van der Waals surface area contributed by atoms with Gasteiger partial charge >= 0.3 is 0 Å². The molecule has 19 heavy (non-hydrogen) atoms. The fourth-order valence-corrected chi connectivity index (χ4v) is 2.17. The fourth-order valence-electron chi connectivity index (χ4n) is 2.17. The first-order chi connectivity index (χ1) is 9.25. The number of nitrogens with two attached hydrogens (primary N) is 1. The molecule has 1 heterocycles. The minimum Gasteiger partial charge on any atom is -0.380 e. The molecule has 3 rings (SSSR count). The highest BCUT2D eigenvalue weighted by Gasteiger charge is 2.17. The van der Waals surface area contributed by atoms with Crippen LogP contribution in [0.4, 0.5) is 5.82 Å². The van der Waals surface area contributed by atoms with E-state index < -0.39 is 0 Å². The average Bonchev–Trinajstić information content (AvgIpc) is 2.82. The summed E-state index contributed by atoms with van der Waals surface area (Å²) in [5.74, 6) is 1.13. The lowest BCUT2D eigenvalue weighted by atomic mass is 10.0. The van der Waals surface area contributed by atoms with E-state index in [9.17, 15) is 0 Å². The third-order valence-electron chi connectivity index (χ3n) is 3.06. The second-order valence-electron chi connectivity index (χ2n) is 4.51. The molecule has 0 radical (unpaired) electrons. The van der Waals surface area contributed by atoms with Gasteiger partial charge in [0, 0.05) is 5.56 Å². The van der Waals surface area contributed by atoms with Crippen molar-refractivity contribution in [2.45, 2.75) is 6.92 Å². The Kier molecular flexibility index (Phi) is 2.80. The Balaban J connectivity index is 2.19. The van der Waals surface area contributed by atoms with Gasteiger partial charge in [-0.25, -0.2) is 0 Å². The van der Waals surface area contributed by atoms with Crippen LogP contribution in [0.25, 0.3) is 22.5 Å². The molecule has 0 aliphatic carbocycles. The van der Waals surface area contributed by atoms with E-state index in [0.29, 0.717) is 11.6 Å². The molecular formula is C16H14N2O. The van der Waals surface area contributed by atoms with E-state index >= 15 is 0 Å². The van der Waals surface area contributed by atoms with Gasteiger partial charge in [-0.3, -0.25) is 0 Å². The summed E-state index contributed by atoms with van der Waals surface area (Å²) in [7, 11) is 0. The highest BCUT2D eigenvalue weighted by atomic mass is 16.5. The van der Waals surface area contributed by atoms with Crippen molar-refractivity contribution in [3.63, 3.8) is 0 Å². The highest BCUT2D eigenvalue weighted by molar-refractivity contribution is 5.86. The van der Waals surface area contributed by atoms with Crippen LogP contribution in [0.2, 0.25) is 0 Å². The van der Waals surface area contributed by atoms with E-state index in [0.717, 1.165) is 16.7 Å². The van der Waals surface area contributed by atoms with Gasteiger partial charge < -0.3 is 10.3 Å². The number of aryl methyl sites for hydroxylation is 1. The van der Waals surface area contributed by atoms with Gasteiger partial charge in [0.25, 0.3) is 0 Å². The molecule has 0 bridgehead atoms. The van der Waals surface area contributed by atoms with Gasteiger partial charge in [0.15, 0.2) is 11.6 Å². The molecule has 0 unspecified atom stereocenters. The summed E-state index contributed by atoms with van der Waals surface area (Å²) >= 11 is 0. The summed E-state index contributed by atoms with van der Waals surface area (Å²) in [6.45, 7) is 2.05. The lowest BCUT2D eigenvalue weighted by molar-refractivity contribution is 0.436. The molecule has 94 valence electrons. The van der Waals surface area contributed by atoms with E-state index in [4.69, 9.17) is 10.3 Å². The van der Waals surface area contributed by atoms with Crippen LogP contribution in [0.3, 0.4) is 0 Å². The minimum absolute atomic E-state index is 0.419. The zero-order chi connectivity index (χ0) is 13.2. The smallest absolute Gasteiger partial charge is 0.176 e. The number of rotatable bonds is 2. The van der Waals surface area contributed by atoms with Crippen LogP contribution in [0, 0.1) is 6.92 Å². The van der Waals surface area contributed by atoms with Gasteiger partial charge in [-0.05, 0) is 18.6 Å². The second-order valence-corrected chi connectivity index (χ2v) is 4.51. The van der Waals surface area contributed by atoms with E-state index in [2.05, 4.69) is 11.2 Å². The SMILES string of the molecule is Cc1cccc(-c2onc(N)c2-c2ccccc2)c1. The van der Waals surface area contributed by atoms with Crippen LogP contribution in [0.5, 0.6) is 0 Å². The summed E-state index contributed by atoms with van der Waals surface area (Å²) < 4.78 is 5.42. The van der Waals surface area contributed by atoms with Crippen molar-refractivity contribution in [2.75, 3.05) is 5.73 Å². The van der Waals surface area contributed by atoms with Gasteiger partial charge in [-0.15, -0.1) is 0 Å². The lowest BCUT2D eigenvalue weighted by Gasteiger charge is -2.03. The van der Waals surface area contributed by atoms with Crippen LogP contribution >= 0.6 is 0 Å². The van der Waals surface area contributed by atoms with Crippen molar-refractivity contribution in [3.8, 4) is 22.5 Å². The minimum atomic E-state index is 0.419. The molecule has 3 nitrogen and oxygen atoms in total. The quantitative estimate of drug-likeness (QED) is 0.750. The predicted molar refractivity (Wildman–Crippen MR) is 76.5 cm³/mol. The number of aromatic nitrogens is 1. The molecule has 0 aliphatic rings. The topological polar surface area (TPSA) is 52.0 Å². The molecule has 0 saturated heterocycles. The van der Waals surface area contributed by atoms with E-state index in [1.807, 2.05) is 55.5 Å². The largest absolute Gasteiger partial charge is 0.380 e. The number of nitrogens with zero attached hydrogens (tertiary/aromatic N) is 1. The maximum atomic E-state index is 5.94. The van der Waals surface area contributed by atoms with E-state index in [-0.39, 0.29) is 0 Å². The molecule has 1 aromatic heterocycles. The summed E-state index contributed by atoms with van der Waals surface area (Å²) in [5, 5.41) is 3.90. The average molecular weight is 250 g/mol. The van der Waals surface area contributed by atoms with Crippen molar-refractivity contribution >= 4 is 5.82 Å². The maximum Gasteiger partial charge on any atom is 0.176 e. The molecule has 3 aromatic rings. The Labute approximate surface area is 111 Å². The third kappa shape index (κ3) is 2.10. The first-order valence-corrected chi connectivity index (χ1v) is 6.13. The number of benzene rings is 2. The summed E-state index contributed by atoms with van der Waals surface area (Å²) in [5.41, 5.74) is 9.97. The van der Waals surface area contributed by atoms with Gasteiger partial charge in [-0.1, -0.05) is 59.3 Å². The summed E-state index contributed by atoms with van der Waals surface area (Å²) in [4.78, 5) is 0. The standard InChI is InChI=1S/C16H14N2O/c1-11-6-5-9-13(10-11)15-14(16(17)18-19-15)12-7-3-2-4-8-12/h2-10H,1H3,(H2,17,18). The molecule has 3 heteroatoms. The van der Waals surface area contributed by atoms with Crippen LogP contribution in [0.15, 0.2) is 59.1 Å². The summed E-state index contributed by atoms with van der Waals surface area (Å²) in [6, 6.07) is 18.0. The monoisotopic (exact) mass is 250 g/mol. The normalized spacial score (nSPS) is 10.6. The predicted octanol–water partition coefficient (Wildman–Crippen LogP) is 3.90. The highest BCUT2D eigenvalue weighted by Crippen LogP contribution is 2.36. The van der Waals surface area contributed by atoms with E-state index in [1.54, 1.807) is 0 Å². The molecule has 2 aromatic carbocycles. The zero-order valence-corrected chi connectivity index (χ0v) is 10.6. The first kappa shape index (κ1) is 11.5. The molecule has 0 atom stereocenters. The number of anilines is 1. The summed E-state index contributed by atoms with van der Waals surface area (Å²) in [6.07, 6.45) is 0. The van der Waals surface area contributed by atoms with Crippen LogP contribution in [-0.2, 0) is 0 Å². The molecule has 0 amide bonds. The third-order valence-corrected chi connectivity index (χ3v) is 3.06. The van der Waals surface area contributed by atoms with Gasteiger partial charge in [0.2, 0.25) is 0 Å². The Morgan fingerprint density at radius 2 is 1.68 bits per heavy atom. The van der Waals surface area contributed by atoms with Gasteiger partial charge in [0.05, 0.1) is 5.56 Å². The van der Waals surface area contributed by atoms with Crippen LogP contribution in [-0.4, -0.2) is 5.16 Å². The molecule has 0 saturated carbocycles. The Morgan fingerprint density at radius 1 is 0.947 bits per heavy atom. The molecule has 2 N–H and O–H groups in total. The zero-order valence-electron chi connectivity index (χ0n) is 10.6. The Morgan fingerprint density at radius 3 is 2.42 bits per heavy atom. The van der Waals surface area contributed by atoms with Crippen molar-refractivity contribution in [1.29, 1.82) is 0 Å². The van der Waals surface area contributed by atoms with Gasteiger partial charge in [-0.2, -0.15) is 0 Å². The number of hydrogen-bond donors (Lipinski definition) is 1. The maximum absolute atomic E-state index is 5.94. The Hall–Kier alpha value is -2.55. The first-order valence-electron chi connectivity index (χ1n) is 6.13. The lowest BCUT2D eigenvalue weighted by Crippen LogP contribution is -1.88. The number of nitrogen functional groups attached to an aromatic ring is 1. The van der Waals surface area contributed by atoms with Crippen molar-refractivity contribution in [1.82, 2.24) is 5.16 Å². The molecule has 0 spiro atoms. The molecular weight excluding hydrogens is 236 g/mol. The van der Waals surface area contributed by atoms with Crippen molar-refractivity contribution < 1.29 is 4.52 Å². The van der Waals surface area contributed by atoms with Crippen LogP contribution in [0.1, 0.15) is 5.56 Å². The van der Waals surface area contributed by atoms with Crippen molar-refractivity contribution in [2.24, 2.45) is 0 Å².